The Kier molecular flexibility index (Phi) is 13.6. The van der Waals surface area contributed by atoms with E-state index in [0.29, 0.717) is 12.5 Å². The first kappa shape index (κ1) is 23.2. The first-order chi connectivity index (χ1) is 12.8. The molecule has 0 unspecified atom stereocenters. The number of nitrogens with zero attached hydrogens (tertiary/aromatic N) is 1. The molecule has 0 saturated carbocycles. The number of aliphatic imine (C=N–C) groups is 1. The number of hydrogen-bond acceptors (Lipinski definition) is 4. The number of unbranched alkanes of at least 4 members (excludes halogenated alkanes) is 12. The Morgan fingerprint density at radius 1 is 0.846 bits per heavy atom. The molecule has 1 heterocycles. The van der Waals surface area contributed by atoms with Crippen LogP contribution in [0.1, 0.15) is 96.8 Å². The van der Waals surface area contributed by atoms with Crippen LogP contribution >= 0.6 is 0 Å². The standard InChI is InChI=1S/C22H41NO3/c1-2-3-4-5-6-7-8-9-10-11-12-13-14-15-16-17-21-23-22(18-24,19-25)20-26-21/h2-3,24-25H,4-20H2,1H3/b3-2+. The molecule has 4 nitrogen and oxygen atoms in total. The van der Waals surface area contributed by atoms with Crippen LogP contribution in [0.2, 0.25) is 0 Å². The number of aliphatic hydroxyl groups excluding tert-OH is 2. The van der Waals surface area contributed by atoms with Gasteiger partial charge in [0.1, 0.15) is 12.1 Å². The molecule has 0 radical (unpaired) electrons. The number of ether oxygens (including phenoxy) is 1. The summed E-state index contributed by atoms with van der Waals surface area (Å²) >= 11 is 0. The fourth-order valence-electron chi connectivity index (χ4n) is 3.36. The van der Waals surface area contributed by atoms with E-state index in [4.69, 9.17) is 4.74 Å². The highest BCUT2D eigenvalue weighted by Crippen LogP contribution is 2.20. The summed E-state index contributed by atoms with van der Waals surface area (Å²) < 4.78 is 5.50. The number of hydrogen-bond donors (Lipinski definition) is 2. The Labute approximate surface area is 160 Å². The summed E-state index contributed by atoms with van der Waals surface area (Å²) in [5, 5.41) is 18.6. The fourth-order valence-corrected chi connectivity index (χ4v) is 3.36. The fraction of sp³-hybridized carbons (Fsp3) is 0.864. The van der Waals surface area contributed by atoms with Gasteiger partial charge in [0, 0.05) is 6.42 Å². The predicted octanol–water partition coefficient (Wildman–Crippen LogP) is 5.18. The Bertz CT molecular complexity index is 389. The van der Waals surface area contributed by atoms with Crippen LogP contribution < -0.4 is 0 Å². The van der Waals surface area contributed by atoms with Gasteiger partial charge in [0.15, 0.2) is 5.90 Å². The second kappa shape index (κ2) is 15.2. The van der Waals surface area contributed by atoms with Gasteiger partial charge in [-0.1, -0.05) is 76.4 Å². The Morgan fingerprint density at radius 3 is 1.81 bits per heavy atom. The van der Waals surface area contributed by atoms with Gasteiger partial charge in [-0.15, -0.1) is 0 Å². The summed E-state index contributed by atoms with van der Waals surface area (Å²) in [6.07, 6.45) is 22.5. The lowest BCUT2D eigenvalue weighted by Crippen LogP contribution is -2.37. The van der Waals surface area contributed by atoms with E-state index in [1.807, 2.05) is 0 Å². The van der Waals surface area contributed by atoms with Crippen molar-refractivity contribution in [1.82, 2.24) is 0 Å². The van der Waals surface area contributed by atoms with Gasteiger partial charge in [0.2, 0.25) is 0 Å². The molecule has 1 aliphatic heterocycles. The van der Waals surface area contributed by atoms with Crippen LogP contribution in [0.15, 0.2) is 17.1 Å². The van der Waals surface area contributed by atoms with E-state index < -0.39 is 5.54 Å². The minimum atomic E-state index is -0.790. The minimum Gasteiger partial charge on any atom is -0.478 e. The molecule has 0 aromatic heterocycles. The van der Waals surface area contributed by atoms with Crippen LogP contribution in [0, 0.1) is 0 Å². The lowest BCUT2D eigenvalue weighted by atomic mass is 10.0. The summed E-state index contributed by atoms with van der Waals surface area (Å²) in [7, 11) is 0. The van der Waals surface area contributed by atoms with Gasteiger partial charge in [-0.3, -0.25) is 0 Å². The summed E-state index contributed by atoms with van der Waals surface area (Å²) in [5.74, 6) is 0.707. The topological polar surface area (TPSA) is 62.1 Å². The van der Waals surface area contributed by atoms with Crippen LogP contribution in [0.4, 0.5) is 0 Å². The van der Waals surface area contributed by atoms with Gasteiger partial charge < -0.3 is 14.9 Å². The molecule has 0 saturated heterocycles. The van der Waals surface area contributed by atoms with Gasteiger partial charge in [-0.25, -0.2) is 4.99 Å². The third kappa shape index (κ3) is 10.3. The zero-order valence-corrected chi connectivity index (χ0v) is 16.9. The normalized spacial score (nSPS) is 16.2. The second-order valence-corrected chi connectivity index (χ2v) is 7.69. The maximum Gasteiger partial charge on any atom is 0.184 e. The molecule has 1 aliphatic rings. The lowest BCUT2D eigenvalue weighted by molar-refractivity contribution is 0.0972. The van der Waals surface area contributed by atoms with Gasteiger partial charge in [-0.2, -0.15) is 0 Å². The van der Waals surface area contributed by atoms with E-state index in [9.17, 15) is 10.2 Å². The molecule has 0 aromatic carbocycles. The van der Waals surface area contributed by atoms with Crippen molar-refractivity contribution in [2.24, 2.45) is 4.99 Å². The molecule has 0 atom stereocenters. The zero-order valence-electron chi connectivity index (χ0n) is 16.9. The summed E-state index contributed by atoms with van der Waals surface area (Å²) in [6, 6.07) is 0. The summed E-state index contributed by atoms with van der Waals surface area (Å²) in [6.45, 7) is 2.11. The van der Waals surface area contributed by atoms with Crippen LogP contribution in [-0.2, 0) is 4.74 Å². The SMILES string of the molecule is C/C=C/CCCCCCCCCCCCCCC1=NC(CO)(CO)CO1. The molecular weight excluding hydrogens is 326 g/mol. The van der Waals surface area contributed by atoms with Gasteiger partial charge in [-0.05, 0) is 26.2 Å². The van der Waals surface area contributed by atoms with Gasteiger partial charge >= 0.3 is 0 Å². The molecule has 0 fully saturated rings. The predicted molar refractivity (Wildman–Crippen MR) is 110 cm³/mol. The Hall–Kier alpha value is -0.870. The van der Waals surface area contributed by atoms with Crippen LogP contribution in [0.3, 0.4) is 0 Å². The molecule has 26 heavy (non-hydrogen) atoms. The van der Waals surface area contributed by atoms with Gasteiger partial charge in [0.25, 0.3) is 0 Å². The maximum absolute atomic E-state index is 9.29. The molecule has 0 aliphatic carbocycles. The largest absolute Gasteiger partial charge is 0.478 e. The van der Waals surface area contributed by atoms with Crippen LogP contribution in [0.5, 0.6) is 0 Å². The molecule has 0 amide bonds. The van der Waals surface area contributed by atoms with E-state index in [0.717, 1.165) is 12.8 Å². The highest BCUT2D eigenvalue weighted by Gasteiger charge is 2.35. The summed E-state index contributed by atoms with van der Waals surface area (Å²) in [4.78, 5) is 4.35. The third-order valence-electron chi connectivity index (χ3n) is 5.21. The van der Waals surface area contributed by atoms with Crippen molar-refractivity contribution >= 4 is 5.90 Å². The third-order valence-corrected chi connectivity index (χ3v) is 5.21. The average molecular weight is 368 g/mol. The van der Waals surface area contributed by atoms with Crippen molar-refractivity contribution < 1.29 is 14.9 Å². The maximum atomic E-state index is 9.29. The number of rotatable bonds is 17. The quantitative estimate of drug-likeness (QED) is 0.275. The van der Waals surface area contributed by atoms with Crippen molar-refractivity contribution in [3.05, 3.63) is 12.2 Å². The molecule has 2 N–H and O–H groups in total. The monoisotopic (exact) mass is 367 g/mol. The molecular formula is C22H41NO3. The van der Waals surface area contributed by atoms with E-state index in [-0.39, 0.29) is 13.2 Å². The van der Waals surface area contributed by atoms with Crippen molar-refractivity contribution in [3.8, 4) is 0 Å². The molecule has 0 aromatic rings. The van der Waals surface area contributed by atoms with Crippen molar-refractivity contribution in [3.63, 3.8) is 0 Å². The molecule has 4 heteroatoms. The first-order valence-corrected chi connectivity index (χ1v) is 10.8. The Morgan fingerprint density at radius 2 is 1.35 bits per heavy atom. The number of aliphatic hydroxyl groups is 2. The molecule has 0 spiro atoms. The van der Waals surface area contributed by atoms with E-state index in [2.05, 4.69) is 24.1 Å². The van der Waals surface area contributed by atoms with Crippen LogP contribution in [0.25, 0.3) is 0 Å². The highest BCUT2D eigenvalue weighted by molar-refractivity contribution is 5.78. The van der Waals surface area contributed by atoms with Crippen molar-refractivity contribution in [1.29, 1.82) is 0 Å². The average Bonchev–Trinajstić information content (AvgIpc) is 3.09. The zero-order chi connectivity index (χ0) is 18.9. The van der Waals surface area contributed by atoms with Gasteiger partial charge in [0.05, 0.1) is 13.2 Å². The van der Waals surface area contributed by atoms with E-state index in [1.165, 1.54) is 77.0 Å². The Balaban J connectivity index is 1.83. The number of allylic oxidation sites excluding steroid dienone is 2. The first-order valence-electron chi connectivity index (χ1n) is 10.8. The molecule has 152 valence electrons. The van der Waals surface area contributed by atoms with Crippen LogP contribution in [-0.4, -0.2) is 41.5 Å². The summed E-state index contributed by atoms with van der Waals surface area (Å²) in [5.41, 5.74) is -0.790. The lowest BCUT2D eigenvalue weighted by Gasteiger charge is -2.16. The smallest absolute Gasteiger partial charge is 0.184 e. The minimum absolute atomic E-state index is 0.150. The van der Waals surface area contributed by atoms with E-state index in [1.54, 1.807) is 0 Å². The van der Waals surface area contributed by atoms with E-state index >= 15 is 0 Å². The second-order valence-electron chi connectivity index (χ2n) is 7.69. The molecule has 0 bridgehead atoms. The van der Waals surface area contributed by atoms with Crippen molar-refractivity contribution in [2.75, 3.05) is 19.8 Å². The van der Waals surface area contributed by atoms with Crippen molar-refractivity contribution in [2.45, 2.75) is 102 Å². The molecule has 1 rings (SSSR count). The highest BCUT2D eigenvalue weighted by atomic mass is 16.5.